The lowest BCUT2D eigenvalue weighted by atomic mass is 9.76. The number of aryl methyl sites for hydroxylation is 4. The van der Waals surface area contributed by atoms with E-state index in [9.17, 15) is 0 Å². The predicted molar refractivity (Wildman–Crippen MR) is 151 cm³/mol. The van der Waals surface area contributed by atoms with Gasteiger partial charge < -0.3 is 18.9 Å². The zero-order valence-electron chi connectivity index (χ0n) is 24.4. The molecule has 0 N–H and O–H groups in total. The number of rotatable bonds is 14. The lowest BCUT2D eigenvalue weighted by Crippen LogP contribution is -2.20. The Morgan fingerprint density at radius 2 is 1.03 bits per heavy atom. The molecule has 204 valence electrons. The minimum Gasteiger partial charge on any atom is -0.493 e. The Kier molecular flexibility index (Phi) is 8.91. The zero-order valence-corrected chi connectivity index (χ0v) is 24.4. The van der Waals surface area contributed by atoms with Crippen molar-refractivity contribution < 1.29 is 18.9 Å². The first-order valence-electron chi connectivity index (χ1n) is 14.3. The van der Waals surface area contributed by atoms with Gasteiger partial charge in [0.15, 0.2) is 0 Å². The van der Waals surface area contributed by atoms with E-state index in [1.165, 1.54) is 33.4 Å². The molecule has 37 heavy (non-hydrogen) atoms. The summed E-state index contributed by atoms with van der Waals surface area (Å²) in [7, 11) is 0. The third kappa shape index (κ3) is 7.09. The molecule has 0 bridgehead atoms. The quantitative estimate of drug-likeness (QED) is 0.194. The highest BCUT2D eigenvalue weighted by Gasteiger charge is 2.30. The van der Waals surface area contributed by atoms with E-state index in [0.29, 0.717) is 24.0 Å². The van der Waals surface area contributed by atoms with Gasteiger partial charge in [0.2, 0.25) is 0 Å². The fourth-order valence-corrected chi connectivity index (χ4v) is 5.54. The van der Waals surface area contributed by atoms with Crippen LogP contribution in [0.1, 0.15) is 86.8 Å². The largest absolute Gasteiger partial charge is 0.493 e. The summed E-state index contributed by atoms with van der Waals surface area (Å²) in [5.74, 6) is 3.33. The minimum atomic E-state index is -0.124. The van der Waals surface area contributed by atoms with Crippen molar-refractivity contribution >= 4 is 0 Å². The van der Waals surface area contributed by atoms with E-state index < -0.39 is 0 Å². The maximum absolute atomic E-state index is 6.26. The Morgan fingerprint density at radius 1 is 0.703 bits per heavy atom. The number of hydrogen-bond donors (Lipinski definition) is 0. The molecule has 2 aliphatic heterocycles. The highest BCUT2D eigenvalue weighted by atomic mass is 16.6. The Hall–Kier alpha value is -2.04. The second-order valence-corrected chi connectivity index (χ2v) is 12.2. The first-order valence-corrected chi connectivity index (χ1v) is 14.3. The van der Waals surface area contributed by atoms with E-state index in [4.69, 9.17) is 18.9 Å². The maximum atomic E-state index is 6.26. The van der Waals surface area contributed by atoms with Crippen LogP contribution >= 0.6 is 0 Å². The average Bonchev–Trinajstić information content (AvgIpc) is 3.74. The molecular weight excluding hydrogens is 460 g/mol. The van der Waals surface area contributed by atoms with Crippen LogP contribution in [0, 0.1) is 39.5 Å². The summed E-state index contributed by atoms with van der Waals surface area (Å²) in [4.78, 5) is 0. The molecule has 4 nitrogen and oxygen atoms in total. The lowest BCUT2D eigenvalue weighted by molar-refractivity contribution is 0.272. The van der Waals surface area contributed by atoms with Gasteiger partial charge in [0.25, 0.3) is 0 Å². The molecular formula is C33H48O4. The van der Waals surface area contributed by atoms with E-state index in [-0.39, 0.29) is 5.41 Å². The van der Waals surface area contributed by atoms with Gasteiger partial charge in [-0.05, 0) is 98.6 Å². The van der Waals surface area contributed by atoms with Gasteiger partial charge in [0.05, 0.1) is 38.6 Å². The minimum absolute atomic E-state index is 0.124. The Bertz CT molecular complexity index is 934. The summed E-state index contributed by atoms with van der Waals surface area (Å²) < 4.78 is 23.3. The van der Waals surface area contributed by atoms with Gasteiger partial charge in [-0.3, -0.25) is 0 Å². The fourth-order valence-electron chi connectivity index (χ4n) is 5.54. The van der Waals surface area contributed by atoms with Crippen LogP contribution in [0.2, 0.25) is 0 Å². The molecule has 4 heteroatoms. The van der Waals surface area contributed by atoms with Crippen LogP contribution in [0.15, 0.2) is 24.3 Å². The molecule has 0 aromatic heterocycles. The molecule has 0 spiro atoms. The van der Waals surface area contributed by atoms with Crippen molar-refractivity contribution in [1.29, 1.82) is 0 Å². The SMILES string of the molecule is Cc1cc(C(C)(C)c2cc(C)c(OCCCC(C)C3CO3)c(C)c2)cc(C)c1OCCCC(C)C1CO1. The first kappa shape index (κ1) is 28.0. The van der Waals surface area contributed by atoms with Crippen LogP contribution in [0.5, 0.6) is 11.5 Å². The number of benzene rings is 2. The molecule has 2 heterocycles. The van der Waals surface area contributed by atoms with Crippen molar-refractivity contribution in [3.63, 3.8) is 0 Å². The average molecular weight is 509 g/mol. The maximum Gasteiger partial charge on any atom is 0.125 e. The summed E-state index contributed by atoms with van der Waals surface area (Å²) >= 11 is 0. The van der Waals surface area contributed by atoms with E-state index in [0.717, 1.165) is 63.6 Å². The van der Waals surface area contributed by atoms with Gasteiger partial charge in [-0.2, -0.15) is 0 Å². The number of ether oxygens (including phenoxy) is 4. The van der Waals surface area contributed by atoms with Gasteiger partial charge in [-0.25, -0.2) is 0 Å². The van der Waals surface area contributed by atoms with Gasteiger partial charge in [-0.1, -0.05) is 52.0 Å². The van der Waals surface area contributed by atoms with Gasteiger partial charge >= 0.3 is 0 Å². The molecule has 4 atom stereocenters. The fraction of sp³-hybridized carbons (Fsp3) is 0.636. The molecule has 2 fully saturated rings. The molecule has 2 aliphatic rings. The van der Waals surface area contributed by atoms with E-state index in [1.54, 1.807) is 0 Å². The molecule has 0 aliphatic carbocycles. The van der Waals surface area contributed by atoms with Gasteiger partial charge in [0, 0.05) is 5.41 Å². The van der Waals surface area contributed by atoms with Crippen LogP contribution in [0.3, 0.4) is 0 Å². The molecule has 0 saturated carbocycles. The topological polar surface area (TPSA) is 43.5 Å². The highest BCUT2D eigenvalue weighted by Crippen LogP contribution is 2.39. The molecule has 2 saturated heterocycles. The van der Waals surface area contributed by atoms with Crippen molar-refractivity contribution in [1.82, 2.24) is 0 Å². The normalized spacial score (nSPS) is 20.4. The van der Waals surface area contributed by atoms with Crippen molar-refractivity contribution in [2.75, 3.05) is 26.4 Å². The second kappa shape index (κ2) is 11.8. The van der Waals surface area contributed by atoms with Crippen LogP contribution in [0.4, 0.5) is 0 Å². The standard InChI is InChI=1S/C33H48O4/c1-21(29-19-36-29)11-9-13-34-31-23(3)15-27(16-24(31)4)33(7,8)28-17-25(5)32(26(6)18-28)35-14-10-12-22(2)30-20-37-30/h15-18,21-22,29-30H,9-14,19-20H2,1-8H3. The molecule has 4 rings (SSSR count). The lowest BCUT2D eigenvalue weighted by Gasteiger charge is -2.29. The highest BCUT2D eigenvalue weighted by molar-refractivity contribution is 5.52. The molecule has 4 unspecified atom stereocenters. The van der Waals surface area contributed by atoms with Crippen LogP contribution in [-0.2, 0) is 14.9 Å². The van der Waals surface area contributed by atoms with Crippen LogP contribution in [0.25, 0.3) is 0 Å². The second-order valence-electron chi connectivity index (χ2n) is 12.2. The number of hydrogen-bond acceptors (Lipinski definition) is 4. The summed E-state index contributed by atoms with van der Waals surface area (Å²) in [5, 5.41) is 0. The van der Waals surface area contributed by atoms with E-state index >= 15 is 0 Å². The van der Waals surface area contributed by atoms with Gasteiger partial charge in [0.1, 0.15) is 11.5 Å². The number of epoxide rings is 2. The van der Waals surface area contributed by atoms with Crippen LogP contribution in [-0.4, -0.2) is 38.6 Å². The molecule has 0 radical (unpaired) electrons. The third-order valence-electron chi connectivity index (χ3n) is 8.45. The van der Waals surface area contributed by atoms with Crippen molar-refractivity contribution in [3.05, 3.63) is 57.6 Å². The zero-order chi connectivity index (χ0) is 26.7. The molecule has 0 amide bonds. The monoisotopic (exact) mass is 508 g/mol. The van der Waals surface area contributed by atoms with Crippen molar-refractivity contribution in [2.24, 2.45) is 11.8 Å². The van der Waals surface area contributed by atoms with Crippen molar-refractivity contribution in [2.45, 2.75) is 98.7 Å². The Morgan fingerprint density at radius 3 is 1.32 bits per heavy atom. The van der Waals surface area contributed by atoms with Crippen molar-refractivity contribution in [3.8, 4) is 11.5 Å². The van der Waals surface area contributed by atoms with E-state index in [1.807, 2.05) is 0 Å². The summed E-state index contributed by atoms with van der Waals surface area (Å²) in [6.07, 6.45) is 5.40. The Balaban J connectivity index is 1.39. The predicted octanol–water partition coefficient (Wildman–Crippen LogP) is 7.63. The summed E-state index contributed by atoms with van der Waals surface area (Å²) in [5.41, 5.74) is 7.35. The van der Waals surface area contributed by atoms with Crippen LogP contribution < -0.4 is 9.47 Å². The first-order chi connectivity index (χ1) is 17.6. The summed E-state index contributed by atoms with van der Waals surface area (Å²) in [6, 6.07) is 9.23. The summed E-state index contributed by atoms with van der Waals surface area (Å²) in [6.45, 7) is 21.3. The van der Waals surface area contributed by atoms with E-state index in [2.05, 4.69) is 79.7 Å². The molecule has 2 aromatic carbocycles. The Labute approximate surface area is 225 Å². The van der Waals surface area contributed by atoms with Gasteiger partial charge in [-0.15, -0.1) is 0 Å². The smallest absolute Gasteiger partial charge is 0.125 e. The molecule has 2 aromatic rings. The third-order valence-corrected chi connectivity index (χ3v) is 8.45.